The van der Waals surface area contributed by atoms with Gasteiger partial charge in [-0.2, -0.15) is 10.5 Å². The van der Waals surface area contributed by atoms with Crippen molar-refractivity contribution in [2.24, 2.45) is 0 Å². The zero-order chi connectivity index (χ0) is 52.1. The molecular weight excluding hydrogens is 988 g/mol. The topological polar surface area (TPSA) is 251 Å². The maximum atomic E-state index is 8.45. The fraction of sp³-hybridized carbons (Fsp3) is 0.286. The number of nitrogens with zero attached hydrogens (tertiary/aromatic N) is 10. The van der Waals surface area contributed by atoms with E-state index >= 15 is 0 Å². The van der Waals surface area contributed by atoms with Crippen LogP contribution in [0.5, 0.6) is 0 Å². The predicted molar refractivity (Wildman–Crippen MR) is 279 cm³/mol. The summed E-state index contributed by atoms with van der Waals surface area (Å²) >= 11 is 0.750. The Labute approximate surface area is 453 Å². The molecule has 2 aliphatic rings. The summed E-state index contributed by atoms with van der Waals surface area (Å²) in [5, 5.41) is 52.7. The maximum absolute atomic E-state index is 8.45. The van der Waals surface area contributed by atoms with Crippen molar-refractivity contribution in [2.75, 3.05) is 26.4 Å². The Kier molecular flexibility index (Phi) is 28.3. The predicted octanol–water partition coefficient (Wildman–Crippen LogP) is 10.5. The van der Waals surface area contributed by atoms with E-state index < -0.39 is 0 Å². The average Bonchev–Trinajstić information content (AvgIpc) is 4.17. The second-order valence-corrected chi connectivity index (χ2v) is 15.7. The van der Waals surface area contributed by atoms with Gasteiger partial charge in [-0.3, -0.25) is 0 Å². The summed E-state index contributed by atoms with van der Waals surface area (Å²) in [6, 6.07) is 42.4. The van der Waals surface area contributed by atoms with Crippen LogP contribution in [0.1, 0.15) is 90.2 Å². The van der Waals surface area contributed by atoms with Crippen molar-refractivity contribution in [3.8, 4) is 57.7 Å². The number of aliphatic hydroxyl groups is 4. The Balaban J connectivity index is 0.000000349. The Bertz CT molecular complexity index is 2820. The van der Waals surface area contributed by atoms with Gasteiger partial charge >= 0.3 is 23.7 Å². The van der Waals surface area contributed by atoms with Crippen molar-refractivity contribution in [1.29, 1.82) is 10.5 Å². The van der Waals surface area contributed by atoms with Crippen molar-refractivity contribution >= 4 is 44.1 Å². The van der Waals surface area contributed by atoms with Crippen molar-refractivity contribution < 1.29 is 65.9 Å². The first-order chi connectivity index (χ1) is 35.3. The summed E-state index contributed by atoms with van der Waals surface area (Å²) in [7, 11) is 0. The molecule has 0 aliphatic carbocycles. The molecule has 73 heavy (non-hydrogen) atoms. The van der Waals surface area contributed by atoms with Crippen LogP contribution in [-0.2, 0) is 45.4 Å². The number of aromatic nitrogens is 8. The molecule has 5 aromatic carbocycles. The Morgan fingerprint density at radius 1 is 0.397 bits per heavy atom. The largest absolute Gasteiger partial charge is 0.357 e. The summed E-state index contributed by atoms with van der Waals surface area (Å²) in [6.07, 6.45) is 8.15. The van der Waals surface area contributed by atoms with Crippen LogP contribution in [0.4, 0.5) is 0 Å². The van der Waals surface area contributed by atoms with Gasteiger partial charge in [0.1, 0.15) is 12.1 Å². The normalized spacial score (nSPS) is 10.0. The van der Waals surface area contributed by atoms with E-state index in [1.54, 1.807) is 24.3 Å². The third kappa shape index (κ3) is 17.0. The summed E-state index contributed by atoms with van der Waals surface area (Å²) in [5.41, 5.74) is 6.65. The van der Waals surface area contributed by atoms with E-state index in [9.17, 15) is 0 Å². The minimum Gasteiger partial charge on any atom is -0.357 e. The Morgan fingerprint density at radius 3 is 0.808 bits per heavy atom. The fourth-order valence-electron chi connectivity index (χ4n) is 6.77. The summed E-state index contributed by atoms with van der Waals surface area (Å²) in [4.78, 5) is 39.3. The SMILES string of the molecule is CCCCO.CCCCO.CCCCO.CCCCO.N#Cc1ccccc1C#N.[O]=[Ti+2].[Ti].c1ccc2c(c1)-c1nc-2nc2[n-]c(nc3nc(nc4[n-]c(n1)c1ccccc41)-c1ccccc1-3)c1ccccc21. The molecule has 3 aromatic heterocycles. The molecule has 0 fully saturated rings. The number of fused-ring (bicyclic) bond motifs is 20. The quantitative estimate of drug-likeness (QED) is 0.103. The minimum atomic E-state index is 0. The molecule has 15 nitrogen and oxygen atoms in total. The number of rotatable bonds is 8. The monoisotopic (exact) mass is 1050 g/mol. The first-order valence-electron chi connectivity index (χ1n) is 24.0. The van der Waals surface area contributed by atoms with Crippen LogP contribution in [0.15, 0.2) is 121 Å². The molecule has 0 atom stereocenters. The van der Waals surface area contributed by atoms with Gasteiger partial charge in [0.2, 0.25) is 0 Å². The molecule has 372 valence electrons. The average molecular weight is 1050 g/mol. The van der Waals surface area contributed by atoms with Crippen molar-refractivity contribution in [3.63, 3.8) is 0 Å². The van der Waals surface area contributed by atoms with E-state index in [4.69, 9.17) is 74.1 Å². The molecule has 0 spiro atoms. The zero-order valence-corrected chi connectivity index (χ0v) is 44.8. The molecule has 0 radical (unpaired) electrons. The van der Waals surface area contributed by atoms with E-state index in [0.717, 1.165) is 116 Å². The fourth-order valence-corrected chi connectivity index (χ4v) is 6.77. The molecule has 0 saturated carbocycles. The van der Waals surface area contributed by atoms with Gasteiger partial charge in [-0.1, -0.05) is 163 Å². The molecular formula is C56H60N10O5Ti2. The number of unbranched alkanes of at least 4 members (excludes halogenated alkanes) is 4. The number of hydrogen-bond donors (Lipinski definition) is 4. The van der Waals surface area contributed by atoms with Crippen LogP contribution < -0.4 is 9.97 Å². The third-order valence-electron chi connectivity index (χ3n) is 10.5. The van der Waals surface area contributed by atoms with Crippen LogP contribution in [0.25, 0.3) is 89.7 Å². The van der Waals surface area contributed by atoms with Gasteiger partial charge in [-0.25, -0.2) is 9.97 Å². The van der Waals surface area contributed by atoms with Crippen LogP contribution in [-0.4, -0.2) is 76.8 Å². The molecule has 0 amide bonds. The summed E-state index contributed by atoms with van der Waals surface area (Å²) in [5.74, 6) is 2.21. The van der Waals surface area contributed by atoms with Crippen LogP contribution in [0.3, 0.4) is 0 Å². The van der Waals surface area contributed by atoms with Crippen LogP contribution in [0, 0.1) is 22.7 Å². The number of aliphatic hydroxyl groups excluding tert-OH is 4. The van der Waals surface area contributed by atoms with E-state index in [-0.39, 0.29) is 21.7 Å². The standard InChI is InChI=1S/C32H16N8.C8H4N2.4C4H10O.O.2Ti/c1-2-10-18-17(9-1)25-33-26(18)38-28-21-13-5-6-14-22(21)30(35-28)40-32-24-16-8-7-15-23(24)31(36-32)39-29-20-12-4-3-11-19(20)27(34-29)37-25;9-5-7-3-1-2-4-8(7)6-10;4*1-2-3-4-5;;;/h1-16H;1-4H;4*5H,2-4H2,1H3;;;/q-2;;;;;;;;+2. The zero-order valence-electron chi connectivity index (χ0n) is 41.7. The number of benzene rings is 5. The molecule has 0 saturated heterocycles. The van der Waals surface area contributed by atoms with Crippen molar-refractivity contribution in [3.05, 3.63) is 132 Å². The van der Waals surface area contributed by atoms with Gasteiger partial charge in [-0.05, 0) is 59.4 Å². The molecule has 10 rings (SSSR count). The Hall–Kier alpha value is -6.49. The molecule has 8 bridgehead atoms. The third-order valence-corrected chi connectivity index (χ3v) is 10.5. The van der Waals surface area contributed by atoms with Crippen LogP contribution in [0.2, 0.25) is 0 Å². The maximum Gasteiger partial charge on any atom is 0.0927 e. The van der Waals surface area contributed by atoms with E-state index in [2.05, 4.69) is 27.7 Å². The first kappa shape index (κ1) is 60.8. The minimum absolute atomic E-state index is 0. The van der Waals surface area contributed by atoms with E-state index in [0.29, 0.717) is 83.4 Å². The van der Waals surface area contributed by atoms with Gasteiger partial charge in [0.25, 0.3) is 0 Å². The second kappa shape index (κ2) is 34.0. The van der Waals surface area contributed by atoms with Gasteiger partial charge < -0.3 is 50.3 Å². The molecule has 2 aliphatic heterocycles. The smallest absolute Gasteiger partial charge is 0.0927 e. The van der Waals surface area contributed by atoms with Crippen molar-refractivity contribution in [2.45, 2.75) is 79.1 Å². The summed E-state index contributed by atoms with van der Waals surface area (Å²) < 4.78 is 8.25. The molecule has 8 aromatic rings. The molecule has 4 N–H and O–H groups in total. The molecule has 0 unspecified atom stereocenters. The first-order valence-corrected chi connectivity index (χ1v) is 24.6. The van der Waals surface area contributed by atoms with Gasteiger partial charge in [0.05, 0.1) is 34.4 Å². The second-order valence-electron chi connectivity index (χ2n) is 15.7. The molecule has 17 heteroatoms. The van der Waals surface area contributed by atoms with Crippen molar-refractivity contribution in [1.82, 2.24) is 39.9 Å². The number of hydrogen-bond acceptors (Lipinski definition) is 13. The van der Waals surface area contributed by atoms with E-state index in [1.807, 2.05) is 109 Å². The van der Waals surface area contributed by atoms with Gasteiger partial charge in [0, 0.05) is 93.0 Å². The molecule has 5 heterocycles. The van der Waals surface area contributed by atoms with Crippen LogP contribution >= 0.6 is 0 Å². The van der Waals surface area contributed by atoms with Gasteiger partial charge in [0.15, 0.2) is 0 Å². The summed E-state index contributed by atoms with van der Waals surface area (Å²) in [6.45, 7) is 9.58. The number of nitriles is 2. The van der Waals surface area contributed by atoms with Gasteiger partial charge in [-0.15, -0.1) is 0 Å². The van der Waals surface area contributed by atoms with E-state index in [1.165, 1.54) is 0 Å². The Morgan fingerprint density at radius 2 is 0.616 bits per heavy atom.